The van der Waals surface area contributed by atoms with Crippen molar-refractivity contribution in [2.45, 2.75) is 32.6 Å². The van der Waals surface area contributed by atoms with Crippen LogP contribution in [0.1, 0.15) is 38.2 Å². The molecule has 0 saturated heterocycles. The summed E-state index contributed by atoms with van der Waals surface area (Å²) in [7, 11) is 0. The van der Waals surface area contributed by atoms with Gasteiger partial charge in [0.1, 0.15) is 11.9 Å². The van der Waals surface area contributed by atoms with E-state index in [1.54, 1.807) is 12.1 Å². The fraction of sp³-hybridized carbons (Fsp3) is 0.462. The summed E-state index contributed by atoms with van der Waals surface area (Å²) in [6.07, 6.45) is 5.58. The van der Waals surface area contributed by atoms with E-state index in [2.05, 4.69) is 10.3 Å². The Balaban J connectivity index is 2.05. The Hall–Kier alpha value is -1.89. The monoisotopic (exact) mass is 229 g/mol. The zero-order chi connectivity index (χ0) is 12.3. The first-order chi connectivity index (χ1) is 8.14. The zero-order valence-electron chi connectivity index (χ0n) is 9.86. The first-order valence-electron chi connectivity index (χ1n) is 5.82. The van der Waals surface area contributed by atoms with Crippen LogP contribution in [0.2, 0.25) is 0 Å². The fourth-order valence-electron chi connectivity index (χ4n) is 2.18. The van der Waals surface area contributed by atoms with Gasteiger partial charge in [0, 0.05) is 11.6 Å². The third-order valence-corrected chi connectivity index (χ3v) is 3.39. The molecule has 17 heavy (non-hydrogen) atoms. The van der Waals surface area contributed by atoms with Crippen molar-refractivity contribution in [2.75, 3.05) is 5.32 Å². The highest BCUT2D eigenvalue weighted by atomic mass is 16.2. The van der Waals surface area contributed by atoms with Crippen LogP contribution in [0, 0.1) is 16.7 Å². The standard InChI is InChI=1S/C13H15N3O/c1-13(6-2-3-7-13)12(17)16-11-5-4-10(8-14)9-15-11/h4-5,9H,2-3,6-7H2,1H3,(H,15,16,17). The molecule has 1 fully saturated rings. The summed E-state index contributed by atoms with van der Waals surface area (Å²) in [4.78, 5) is 16.1. The number of carbonyl (C=O) groups is 1. The zero-order valence-corrected chi connectivity index (χ0v) is 9.86. The molecule has 0 unspecified atom stereocenters. The van der Waals surface area contributed by atoms with Gasteiger partial charge < -0.3 is 5.32 Å². The van der Waals surface area contributed by atoms with Crippen LogP contribution in [0.25, 0.3) is 0 Å². The van der Waals surface area contributed by atoms with Crippen molar-refractivity contribution < 1.29 is 4.79 Å². The minimum atomic E-state index is -0.254. The van der Waals surface area contributed by atoms with Gasteiger partial charge in [0.05, 0.1) is 5.56 Å². The van der Waals surface area contributed by atoms with E-state index in [9.17, 15) is 4.79 Å². The molecule has 0 spiro atoms. The number of aromatic nitrogens is 1. The Morgan fingerprint density at radius 2 is 2.18 bits per heavy atom. The molecule has 1 aliphatic carbocycles. The van der Waals surface area contributed by atoms with Crippen molar-refractivity contribution in [3.05, 3.63) is 23.9 Å². The smallest absolute Gasteiger partial charge is 0.231 e. The number of nitrogens with zero attached hydrogens (tertiary/aromatic N) is 2. The SMILES string of the molecule is CC1(C(=O)Nc2ccc(C#N)cn2)CCCC1. The molecule has 0 radical (unpaired) electrons. The van der Waals surface area contributed by atoms with Crippen molar-refractivity contribution >= 4 is 11.7 Å². The third-order valence-electron chi connectivity index (χ3n) is 3.39. The van der Waals surface area contributed by atoms with E-state index in [0.717, 1.165) is 25.7 Å². The predicted molar refractivity (Wildman–Crippen MR) is 64.2 cm³/mol. The summed E-state index contributed by atoms with van der Waals surface area (Å²) in [6.45, 7) is 2.00. The summed E-state index contributed by atoms with van der Waals surface area (Å²) in [5.74, 6) is 0.550. The number of nitriles is 1. The highest BCUT2D eigenvalue weighted by Crippen LogP contribution is 2.38. The van der Waals surface area contributed by atoms with Crippen LogP contribution < -0.4 is 5.32 Å². The quantitative estimate of drug-likeness (QED) is 0.847. The number of hydrogen-bond donors (Lipinski definition) is 1. The Morgan fingerprint density at radius 3 is 2.71 bits per heavy atom. The largest absolute Gasteiger partial charge is 0.310 e. The van der Waals surface area contributed by atoms with Crippen molar-refractivity contribution in [1.82, 2.24) is 4.98 Å². The molecule has 88 valence electrons. The van der Waals surface area contributed by atoms with E-state index in [-0.39, 0.29) is 11.3 Å². The van der Waals surface area contributed by atoms with E-state index >= 15 is 0 Å². The third kappa shape index (κ3) is 2.44. The second-order valence-corrected chi connectivity index (χ2v) is 4.77. The van der Waals surface area contributed by atoms with Crippen LogP contribution in [0.15, 0.2) is 18.3 Å². The van der Waals surface area contributed by atoms with Crippen LogP contribution >= 0.6 is 0 Å². The number of pyridine rings is 1. The van der Waals surface area contributed by atoms with Gasteiger partial charge in [-0.15, -0.1) is 0 Å². The minimum Gasteiger partial charge on any atom is -0.310 e. The Bertz CT molecular complexity index is 453. The van der Waals surface area contributed by atoms with E-state index < -0.39 is 0 Å². The first kappa shape index (κ1) is 11.6. The molecule has 4 heteroatoms. The van der Waals surface area contributed by atoms with Gasteiger partial charge in [0.2, 0.25) is 5.91 Å². The molecule has 2 rings (SSSR count). The fourth-order valence-corrected chi connectivity index (χ4v) is 2.18. The molecule has 1 N–H and O–H groups in total. The van der Waals surface area contributed by atoms with E-state index in [4.69, 9.17) is 5.26 Å². The van der Waals surface area contributed by atoms with Crippen molar-refractivity contribution in [3.63, 3.8) is 0 Å². The van der Waals surface area contributed by atoms with E-state index in [1.807, 2.05) is 13.0 Å². The number of hydrogen-bond acceptors (Lipinski definition) is 3. The van der Waals surface area contributed by atoms with Crippen molar-refractivity contribution in [1.29, 1.82) is 5.26 Å². The Kier molecular flexibility index (Phi) is 3.10. The second-order valence-electron chi connectivity index (χ2n) is 4.77. The molecule has 1 aliphatic rings. The lowest BCUT2D eigenvalue weighted by Crippen LogP contribution is -2.31. The van der Waals surface area contributed by atoms with Crippen LogP contribution in [0.5, 0.6) is 0 Å². The topological polar surface area (TPSA) is 65.8 Å². The lowest BCUT2D eigenvalue weighted by atomic mass is 9.88. The van der Waals surface area contributed by atoms with Gasteiger partial charge >= 0.3 is 0 Å². The van der Waals surface area contributed by atoms with E-state index in [1.165, 1.54) is 6.20 Å². The molecule has 1 saturated carbocycles. The normalized spacial score (nSPS) is 17.4. The average Bonchev–Trinajstić information content (AvgIpc) is 2.78. The molecule has 0 bridgehead atoms. The number of anilines is 1. The molecule has 0 atom stereocenters. The Labute approximate surface area is 101 Å². The second kappa shape index (κ2) is 4.54. The van der Waals surface area contributed by atoms with Gasteiger partial charge in [-0.05, 0) is 25.0 Å². The summed E-state index contributed by atoms with van der Waals surface area (Å²) >= 11 is 0. The average molecular weight is 229 g/mol. The van der Waals surface area contributed by atoms with Crippen molar-refractivity contribution in [3.8, 4) is 6.07 Å². The highest BCUT2D eigenvalue weighted by molar-refractivity contribution is 5.94. The van der Waals surface area contributed by atoms with Gasteiger partial charge in [0.15, 0.2) is 0 Å². The maximum Gasteiger partial charge on any atom is 0.231 e. The molecule has 0 aliphatic heterocycles. The predicted octanol–water partition coefficient (Wildman–Crippen LogP) is 2.47. The molecular weight excluding hydrogens is 214 g/mol. The molecular formula is C13H15N3O. The van der Waals surface area contributed by atoms with Crippen LogP contribution in [-0.2, 0) is 4.79 Å². The molecule has 0 aromatic carbocycles. The van der Waals surface area contributed by atoms with Gasteiger partial charge in [-0.25, -0.2) is 4.98 Å². The number of amides is 1. The first-order valence-corrected chi connectivity index (χ1v) is 5.82. The van der Waals surface area contributed by atoms with Crippen molar-refractivity contribution in [2.24, 2.45) is 5.41 Å². The number of carbonyl (C=O) groups excluding carboxylic acids is 1. The lowest BCUT2D eigenvalue weighted by molar-refractivity contribution is -0.124. The summed E-state index contributed by atoms with van der Waals surface area (Å²) in [6, 6.07) is 5.31. The van der Waals surface area contributed by atoms with Crippen LogP contribution in [-0.4, -0.2) is 10.9 Å². The van der Waals surface area contributed by atoms with Gasteiger partial charge in [-0.1, -0.05) is 19.8 Å². The number of nitrogens with one attached hydrogen (secondary N) is 1. The summed E-state index contributed by atoms with van der Waals surface area (Å²) in [5, 5.41) is 11.5. The summed E-state index contributed by atoms with van der Waals surface area (Å²) < 4.78 is 0. The maximum absolute atomic E-state index is 12.1. The molecule has 1 aromatic heterocycles. The minimum absolute atomic E-state index is 0.0345. The molecule has 4 nitrogen and oxygen atoms in total. The Morgan fingerprint density at radius 1 is 1.47 bits per heavy atom. The van der Waals surface area contributed by atoms with Crippen LogP contribution in [0.3, 0.4) is 0 Å². The van der Waals surface area contributed by atoms with Gasteiger partial charge in [-0.3, -0.25) is 4.79 Å². The highest BCUT2D eigenvalue weighted by Gasteiger charge is 2.36. The maximum atomic E-state index is 12.1. The molecule has 1 aromatic rings. The van der Waals surface area contributed by atoms with Crippen LogP contribution in [0.4, 0.5) is 5.82 Å². The van der Waals surface area contributed by atoms with E-state index in [0.29, 0.717) is 11.4 Å². The van der Waals surface area contributed by atoms with Gasteiger partial charge in [-0.2, -0.15) is 5.26 Å². The molecule has 1 amide bonds. The molecule has 1 heterocycles. The number of rotatable bonds is 2. The summed E-state index contributed by atoms with van der Waals surface area (Å²) in [5.41, 5.74) is 0.241. The van der Waals surface area contributed by atoms with Gasteiger partial charge in [0.25, 0.3) is 0 Å². The lowest BCUT2D eigenvalue weighted by Gasteiger charge is -2.21.